The SMILES string of the molecule is Cc1c(NC(C(N)=O)C(C)C)cc(C(=O)O)cc1[N+](=O)[O-]. The molecule has 1 atom stereocenters. The van der Waals surface area contributed by atoms with Crippen LogP contribution in [0.25, 0.3) is 0 Å². The lowest BCUT2D eigenvalue weighted by molar-refractivity contribution is -0.385. The summed E-state index contributed by atoms with van der Waals surface area (Å²) in [4.78, 5) is 32.8. The minimum absolute atomic E-state index is 0.158. The second-order valence-electron chi connectivity index (χ2n) is 5.00. The van der Waals surface area contributed by atoms with Crippen LogP contribution in [0.4, 0.5) is 11.4 Å². The minimum atomic E-state index is -1.29. The first kappa shape index (κ1) is 16.4. The fraction of sp³-hybridized carbons (Fsp3) is 0.385. The van der Waals surface area contributed by atoms with Gasteiger partial charge in [-0.3, -0.25) is 14.9 Å². The molecule has 1 unspecified atom stereocenters. The smallest absolute Gasteiger partial charge is 0.336 e. The quantitative estimate of drug-likeness (QED) is 0.537. The van der Waals surface area contributed by atoms with Crippen LogP contribution in [0.15, 0.2) is 12.1 Å². The Kier molecular flexibility index (Phi) is 4.85. The predicted molar refractivity (Wildman–Crippen MR) is 76.2 cm³/mol. The summed E-state index contributed by atoms with van der Waals surface area (Å²) in [5.41, 5.74) is 5.17. The number of rotatable bonds is 6. The Morgan fingerprint density at radius 3 is 2.33 bits per heavy atom. The van der Waals surface area contributed by atoms with Crippen LogP contribution >= 0.6 is 0 Å². The molecule has 21 heavy (non-hydrogen) atoms. The normalized spacial score (nSPS) is 12.0. The molecule has 1 rings (SSSR count). The Bertz CT molecular complexity index is 598. The van der Waals surface area contributed by atoms with Gasteiger partial charge < -0.3 is 16.2 Å². The highest BCUT2D eigenvalue weighted by atomic mass is 16.6. The van der Waals surface area contributed by atoms with Crippen molar-refractivity contribution >= 4 is 23.3 Å². The van der Waals surface area contributed by atoms with Crippen LogP contribution in [-0.2, 0) is 4.79 Å². The molecule has 0 saturated heterocycles. The number of carboxylic acids is 1. The number of nitrogens with zero attached hydrogens (tertiary/aromatic N) is 1. The van der Waals surface area contributed by atoms with Crippen molar-refractivity contribution in [2.45, 2.75) is 26.8 Å². The van der Waals surface area contributed by atoms with Crippen molar-refractivity contribution in [3.8, 4) is 0 Å². The van der Waals surface area contributed by atoms with E-state index < -0.39 is 22.8 Å². The van der Waals surface area contributed by atoms with Crippen LogP contribution in [-0.4, -0.2) is 27.9 Å². The van der Waals surface area contributed by atoms with Crippen LogP contribution < -0.4 is 11.1 Å². The van der Waals surface area contributed by atoms with E-state index in [4.69, 9.17) is 10.8 Å². The van der Waals surface area contributed by atoms with Gasteiger partial charge >= 0.3 is 5.97 Å². The molecule has 0 aliphatic carbocycles. The molecule has 4 N–H and O–H groups in total. The first-order valence-electron chi connectivity index (χ1n) is 6.23. The molecule has 0 saturated carbocycles. The molecule has 114 valence electrons. The number of benzene rings is 1. The summed E-state index contributed by atoms with van der Waals surface area (Å²) < 4.78 is 0. The fourth-order valence-corrected chi connectivity index (χ4v) is 1.90. The molecule has 0 fully saturated rings. The number of hydrogen-bond acceptors (Lipinski definition) is 5. The second-order valence-corrected chi connectivity index (χ2v) is 5.00. The highest BCUT2D eigenvalue weighted by Gasteiger charge is 2.24. The summed E-state index contributed by atoms with van der Waals surface area (Å²) in [7, 11) is 0. The van der Waals surface area contributed by atoms with Crippen molar-refractivity contribution in [1.82, 2.24) is 0 Å². The molecule has 0 spiro atoms. The number of nitro benzene ring substituents is 1. The number of nitrogens with two attached hydrogens (primary N) is 1. The third-order valence-electron chi connectivity index (χ3n) is 3.11. The Morgan fingerprint density at radius 2 is 1.95 bits per heavy atom. The Balaban J connectivity index is 3.37. The molecule has 1 aromatic carbocycles. The van der Waals surface area contributed by atoms with Crippen LogP contribution in [0, 0.1) is 23.0 Å². The van der Waals surface area contributed by atoms with Gasteiger partial charge in [-0.05, 0) is 18.9 Å². The highest BCUT2D eigenvalue weighted by molar-refractivity contribution is 5.91. The molecular formula is C13H17N3O5. The molecule has 1 aromatic rings. The molecule has 0 aliphatic rings. The summed E-state index contributed by atoms with van der Waals surface area (Å²) in [6.45, 7) is 4.99. The van der Waals surface area contributed by atoms with Crippen molar-refractivity contribution in [2.24, 2.45) is 11.7 Å². The average Bonchev–Trinajstić information content (AvgIpc) is 2.35. The minimum Gasteiger partial charge on any atom is -0.478 e. The molecule has 8 heteroatoms. The molecule has 1 amide bonds. The topological polar surface area (TPSA) is 136 Å². The fourth-order valence-electron chi connectivity index (χ4n) is 1.90. The van der Waals surface area contributed by atoms with Crippen LogP contribution in [0.2, 0.25) is 0 Å². The molecule has 0 bridgehead atoms. The number of primary amides is 1. The zero-order chi connectivity index (χ0) is 16.3. The van der Waals surface area contributed by atoms with Gasteiger partial charge in [0.25, 0.3) is 5.69 Å². The van der Waals surface area contributed by atoms with Crippen molar-refractivity contribution in [2.75, 3.05) is 5.32 Å². The van der Waals surface area contributed by atoms with Gasteiger partial charge in [-0.15, -0.1) is 0 Å². The van der Waals surface area contributed by atoms with Crippen LogP contribution in [0.5, 0.6) is 0 Å². The lowest BCUT2D eigenvalue weighted by Crippen LogP contribution is -2.39. The number of hydrogen-bond donors (Lipinski definition) is 3. The maximum Gasteiger partial charge on any atom is 0.336 e. The van der Waals surface area contributed by atoms with Gasteiger partial charge in [0.1, 0.15) is 6.04 Å². The highest BCUT2D eigenvalue weighted by Crippen LogP contribution is 2.29. The lowest BCUT2D eigenvalue weighted by Gasteiger charge is -2.21. The molecular weight excluding hydrogens is 278 g/mol. The molecule has 0 aromatic heterocycles. The summed E-state index contributed by atoms with van der Waals surface area (Å²) in [6, 6.07) is 1.48. The predicted octanol–water partition coefficient (Wildman–Crippen LogP) is 1.52. The van der Waals surface area contributed by atoms with E-state index in [9.17, 15) is 19.7 Å². The van der Waals surface area contributed by atoms with E-state index in [-0.39, 0.29) is 28.4 Å². The third kappa shape index (κ3) is 3.68. The monoisotopic (exact) mass is 295 g/mol. The molecule has 0 aliphatic heterocycles. The first-order valence-corrected chi connectivity index (χ1v) is 6.23. The van der Waals surface area contributed by atoms with Gasteiger partial charge in [0, 0.05) is 17.3 Å². The van der Waals surface area contributed by atoms with Crippen molar-refractivity contribution in [1.29, 1.82) is 0 Å². The number of nitro groups is 1. The zero-order valence-electron chi connectivity index (χ0n) is 11.9. The second kappa shape index (κ2) is 6.21. The van der Waals surface area contributed by atoms with Gasteiger partial charge in [-0.25, -0.2) is 4.79 Å². The van der Waals surface area contributed by atoms with Gasteiger partial charge in [-0.1, -0.05) is 13.8 Å². The van der Waals surface area contributed by atoms with Gasteiger partial charge in [-0.2, -0.15) is 0 Å². The van der Waals surface area contributed by atoms with E-state index in [1.54, 1.807) is 13.8 Å². The maximum absolute atomic E-state index is 11.4. The summed E-state index contributed by atoms with van der Waals surface area (Å²) >= 11 is 0. The summed E-state index contributed by atoms with van der Waals surface area (Å²) in [5, 5.41) is 22.8. The van der Waals surface area contributed by atoms with Gasteiger partial charge in [0.15, 0.2) is 0 Å². The number of anilines is 1. The van der Waals surface area contributed by atoms with Gasteiger partial charge in [0.05, 0.1) is 10.5 Å². The maximum atomic E-state index is 11.4. The molecule has 0 heterocycles. The first-order chi connectivity index (χ1) is 9.65. The van der Waals surface area contributed by atoms with E-state index in [1.165, 1.54) is 13.0 Å². The zero-order valence-corrected chi connectivity index (χ0v) is 11.9. The van der Waals surface area contributed by atoms with E-state index in [1.807, 2.05) is 0 Å². The Hall–Kier alpha value is -2.64. The number of nitrogens with one attached hydrogen (secondary N) is 1. The van der Waals surface area contributed by atoms with E-state index in [0.29, 0.717) is 0 Å². The number of carbonyl (C=O) groups excluding carboxylic acids is 1. The van der Waals surface area contributed by atoms with Gasteiger partial charge in [0.2, 0.25) is 5.91 Å². The number of carbonyl (C=O) groups is 2. The molecule has 8 nitrogen and oxygen atoms in total. The number of carboxylic acid groups (broad SMARTS) is 1. The summed E-state index contributed by atoms with van der Waals surface area (Å²) in [5.74, 6) is -2.07. The van der Waals surface area contributed by atoms with E-state index >= 15 is 0 Å². The summed E-state index contributed by atoms with van der Waals surface area (Å²) in [6.07, 6.45) is 0. The standard InChI is InChI=1S/C13H17N3O5/c1-6(2)11(12(14)17)15-9-4-8(13(18)19)5-10(7(9)3)16(20)21/h4-6,11,15H,1-3H3,(H2,14,17)(H,18,19). The van der Waals surface area contributed by atoms with Crippen molar-refractivity contribution < 1.29 is 19.6 Å². The lowest BCUT2D eigenvalue weighted by atomic mass is 10.0. The Labute approximate surface area is 121 Å². The van der Waals surface area contributed by atoms with Crippen molar-refractivity contribution in [3.63, 3.8) is 0 Å². The van der Waals surface area contributed by atoms with E-state index in [2.05, 4.69) is 5.32 Å². The van der Waals surface area contributed by atoms with E-state index in [0.717, 1.165) is 6.07 Å². The number of aromatic carboxylic acids is 1. The van der Waals surface area contributed by atoms with Crippen LogP contribution in [0.3, 0.4) is 0 Å². The van der Waals surface area contributed by atoms with Crippen LogP contribution in [0.1, 0.15) is 29.8 Å². The largest absolute Gasteiger partial charge is 0.478 e. The average molecular weight is 295 g/mol. The molecule has 0 radical (unpaired) electrons. The Morgan fingerprint density at radius 1 is 1.38 bits per heavy atom. The van der Waals surface area contributed by atoms with Crippen molar-refractivity contribution in [3.05, 3.63) is 33.4 Å². The third-order valence-corrected chi connectivity index (χ3v) is 3.11. The number of amides is 1.